The predicted octanol–water partition coefficient (Wildman–Crippen LogP) is 3.88. The quantitative estimate of drug-likeness (QED) is 0.383. The zero-order chi connectivity index (χ0) is 19.5. The number of H-pyrrole nitrogens is 1. The van der Waals surface area contributed by atoms with Crippen molar-refractivity contribution < 1.29 is 4.79 Å². The summed E-state index contributed by atoms with van der Waals surface area (Å²) in [6.45, 7) is 1.93. The largest absolute Gasteiger partial charge is 0.309 e. The Labute approximate surface area is 168 Å². The lowest BCUT2D eigenvalue weighted by molar-refractivity contribution is 0.102. The molecule has 0 saturated heterocycles. The minimum Gasteiger partial charge on any atom is -0.309 e. The van der Waals surface area contributed by atoms with Crippen molar-refractivity contribution in [2.75, 3.05) is 5.32 Å². The van der Waals surface area contributed by atoms with E-state index in [2.05, 4.69) is 25.5 Å². The first-order valence-corrected chi connectivity index (χ1v) is 10.2. The third-order valence-corrected chi connectivity index (χ3v) is 5.99. The Kier molecular flexibility index (Phi) is 5.18. The molecule has 7 nitrogen and oxygen atoms in total. The minimum absolute atomic E-state index is 0.136. The number of anilines is 1. The molecular weight excluding hydrogens is 394 g/mol. The third-order valence-electron chi connectivity index (χ3n) is 3.96. The SMILES string of the molecule is C[C@@H](Sc1nnc(NC(=O)c2ccccc2)s1)c1nc2ccccc2c(=O)[nH]1. The molecule has 28 heavy (non-hydrogen) atoms. The molecule has 4 aromatic rings. The van der Waals surface area contributed by atoms with Crippen LogP contribution < -0.4 is 10.9 Å². The van der Waals surface area contributed by atoms with Crippen LogP contribution in [0, 0.1) is 0 Å². The van der Waals surface area contributed by atoms with Gasteiger partial charge in [-0.25, -0.2) is 4.98 Å². The summed E-state index contributed by atoms with van der Waals surface area (Å²) in [5.41, 5.74) is 1.04. The van der Waals surface area contributed by atoms with Crippen molar-refractivity contribution in [2.24, 2.45) is 0 Å². The highest BCUT2D eigenvalue weighted by molar-refractivity contribution is 8.01. The number of benzene rings is 2. The molecular formula is C19H15N5O2S2. The zero-order valence-corrected chi connectivity index (χ0v) is 16.4. The number of aromatic amines is 1. The van der Waals surface area contributed by atoms with Crippen LogP contribution in [0.2, 0.25) is 0 Å². The molecule has 1 atom stereocenters. The van der Waals surface area contributed by atoms with Crippen molar-refractivity contribution in [2.45, 2.75) is 16.5 Å². The number of fused-ring (bicyclic) bond motifs is 1. The minimum atomic E-state index is -0.234. The number of amides is 1. The molecule has 9 heteroatoms. The Hall–Kier alpha value is -3.04. The maximum atomic E-state index is 12.2. The Morgan fingerprint density at radius 3 is 2.68 bits per heavy atom. The molecule has 0 unspecified atom stereocenters. The number of carbonyl (C=O) groups excluding carboxylic acids is 1. The van der Waals surface area contributed by atoms with Crippen molar-refractivity contribution in [1.82, 2.24) is 20.2 Å². The van der Waals surface area contributed by atoms with Crippen molar-refractivity contribution >= 4 is 45.0 Å². The van der Waals surface area contributed by atoms with Gasteiger partial charge in [0.15, 0.2) is 4.34 Å². The van der Waals surface area contributed by atoms with Gasteiger partial charge in [-0.3, -0.25) is 14.9 Å². The van der Waals surface area contributed by atoms with E-state index in [1.165, 1.54) is 23.1 Å². The van der Waals surface area contributed by atoms with Crippen LogP contribution in [0.1, 0.15) is 28.4 Å². The molecule has 0 bridgehead atoms. The first-order chi connectivity index (χ1) is 13.6. The first-order valence-electron chi connectivity index (χ1n) is 8.45. The van der Waals surface area contributed by atoms with Crippen molar-refractivity contribution in [3.05, 3.63) is 76.3 Å². The smallest absolute Gasteiger partial charge is 0.258 e. The van der Waals surface area contributed by atoms with E-state index in [4.69, 9.17) is 0 Å². The fourth-order valence-electron chi connectivity index (χ4n) is 2.57. The zero-order valence-electron chi connectivity index (χ0n) is 14.7. The van der Waals surface area contributed by atoms with E-state index in [-0.39, 0.29) is 16.7 Å². The predicted molar refractivity (Wildman–Crippen MR) is 111 cm³/mol. The number of rotatable bonds is 5. The molecule has 140 valence electrons. The second-order valence-electron chi connectivity index (χ2n) is 5.92. The van der Waals surface area contributed by atoms with Gasteiger partial charge in [0.2, 0.25) is 5.13 Å². The average molecular weight is 409 g/mol. The first kappa shape index (κ1) is 18.3. The van der Waals surface area contributed by atoms with E-state index in [0.29, 0.717) is 31.8 Å². The topological polar surface area (TPSA) is 101 Å². The Morgan fingerprint density at radius 1 is 1.11 bits per heavy atom. The second kappa shape index (κ2) is 7.91. The molecule has 0 aliphatic carbocycles. The summed E-state index contributed by atoms with van der Waals surface area (Å²) in [6.07, 6.45) is 0. The normalized spacial score (nSPS) is 12.0. The standard InChI is InChI=1S/C19H15N5O2S2/c1-11(15-20-14-10-6-5-9-13(14)17(26)21-15)27-19-24-23-18(28-19)22-16(25)12-7-3-2-4-8-12/h2-11H,1H3,(H,20,21,26)(H,22,23,25)/t11-/m1/s1. The second-order valence-corrected chi connectivity index (χ2v) is 8.49. The highest BCUT2D eigenvalue weighted by atomic mass is 32.2. The van der Waals surface area contributed by atoms with Crippen LogP contribution in [-0.2, 0) is 0 Å². The fraction of sp³-hybridized carbons (Fsp3) is 0.105. The number of nitrogens with zero attached hydrogens (tertiary/aromatic N) is 3. The highest BCUT2D eigenvalue weighted by Gasteiger charge is 2.16. The summed E-state index contributed by atoms with van der Waals surface area (Å²) in [5, 5.41) is 11.7. The summed E-state index contributed by atoms with van der Waals surface area (Å²) in [5.74, 6) is 0.334. The fourth-order valence-corrected chi connectivity index (χ4v) is 4.52. The molecule has 1 amide bonds. The van der Waals surface area contributed by atoms with Crippen LogP contribution in [-0.4, -0.2) is 26.1 Å². The maximum Gasteiger partial charge on any atom is 0.258 e. The molecule has 0 fully saturated rings. The van der Waals surface area contributed by atoms with E-state index in [0.717, 1.165) is 0 Å². The van der Waals surface area contributed by atoms with Gasteiger partial charge >= 0.3 is 0 Å². The number of hydrogen-bond donors (Lipinski definition) is 2. The summed E-state index contributed by atoms with van der Waals surface area (Å²) >= 11 is 2.69. The Bertz CT molecular complexity index is 1190. The average Bonchev–Trinajstić information content (AvgIpc) is 3.15. The van der Waals surface area contributed by atoms with Gasteiger partial charge in [0.05, 0.1) is 16.2 Å². The van der Waals surface area contributed by atoms with Gasteiger partial charge in [-0.1, -0.05) is 53.4 Å². The van der Waals surface area contributed by atoms with Gasteiger partial charge in [-0.15, -0.1) is 10.2 Å². The molecule has 2 aromatic heterocycles. The van der Waals surface area contributed by atoms with Crippen LogP contribution in [0.15, 0.2) is 63.7 Å². The number of para-hydroxylation sites is 1. The van der Waals surface area contributed by atoms with Crippen LogP contribution in [0.4, 0.5) is 5.13 Å². The number of nitrogens with one attached hydrogen (secondary N) is 2. The van der Waals surface area contributed by atoms with Crippen LogP contribution >= 0.6 is 23.1 Å². The highest BCUT2D eigenvalue weighted by Crippen LogP contribution is 2.36. The lowest BCUT2D eigenvalue weighted by Crippen LogP contribution is -2.12. The molecule has 0 radical (unpaired) electrons. The van der Waals surface area contributed by atoms with E-state index < -0.39 is 0 Å². The number of thioether (sulfide) groups is 1. The van der Waals surface area contributed by atoms with Gasteiger partial charge in [0.1, 0.15) is 5.82 Å². The van der Waals surface area contributed by atoms with Crippen molar-refractivity contribution in [3.8, 4) is 0 Å². The molecule has 4 rings (SSSR count). The van der Waals surface area contributed by atoms with Crippen molar-refractivity contribution in [1.29, 1.82) is 0 Å². The molecule has 2 aromatic carbocycles. The van der Waals surface area contributed by atoms with Crippen LogP contribution in [0.5, 0.6) is 0 Å². The molecule has 0 spiro atoms. The van der Waals surface area contributed by atoms with Crippen LogP contribution in [0.3, 0.4) is 0 Å². The summed E-state index contributed by atoms with van der Waals surface area (Å²) in [4.78, 5) is 31.8. The van der Waals surface area contributed by atoms with E-state index >= 15 is 0 Å². The maximum absolute atomic E-state index is 12.2. The van der Waals surface area contributed by atoms with E-state index in [1.807, 2.05) is 31.2 Å². The molecule has 0 aliphatic heterocycles. The van der Waals surface area contributed by atoms with Gasteiger partial charge in [0, 0.05) is 5.56 Å². The lowest BCUT2D eigenvalue weighted by atomic mass is 10.2. The van der Waals surface area contributed by atoms with Gasteiger partial charge < -0.3 is 4.98 Å². The van der Waals surface area contributed by atoms with Crippen LogP contribution in [0.25, 0.3) is 10.9 Å². The molecule has 0 saturated carbocycles. The molecule has 2 N–H and O–H groups in total. The summed E-state index contributed by atoms with van der Waals surface area (Å²) < 4.78 is 0.673. The number of hydrogen-bond acceptors (Lipinski definition) is 7. The molecule has 2 heterocycles. The summed E-state index contributed by atoms with van der Waals surface area (Å²) in [7, 11) is 0. The Morgan fingerprint density at radius 2 is 1.86 bits per heavy atom. The third kappa shape index (κ3) is 3.95. The van der Waals surface area contributed by atoms with Gasteiger partial charge in [-0.05, 0) is 31.2 Å². The monoisotopic (exact) mass is 409 g/mol. The lowest BCUT2D eigenvalue weighted by Gasteiger charge is -2.08. The number of aromatic nitrogens is 4. The Balaban J connectivity index is 1.48. The van der Waals surface area contributed by atoms with E-state index in [9.17, 15) is 9.59 Å². The number of carbonyl (C=O) groups is 1. The summed E-state index contributed by atoms with van der Waals surface area (Å²) in [6, 6.07) is 16.1. The van der Waals surface area contributed by atoms with Crippen molar-refractivity contribution in [3.63, 3.8) is 0 Å². The van der Waals surface area contributed by atoms with Gasteiger partial charge in [0.25, 0.3) is 11.5 Å². The molecule has 0 aliphatic rings. The van der Waals surface area contributed by atoms with E-state index in [1.54, 1.807) is 30.3 Å². The van der Waals surface area contributed by atoms with Gasteiger partial charge in [-0.2, -0.15) is 0 Å².